The summed E-state index contributed by atoms with van der Waals surface area (Å²) in [6, 6.07) is 9.02. The average Bonchev–Trinajstić information content (AvgIpc) is 3.29. The molecule has 0 unspecified atom stereocenters. The summed E-state index contributed by atoms with van der Waals surface area (Å²) in [7, 11) is 4.38. The summed E-state index contributed by atoms with van der Waals surface area (Å²) in [5, 5.41) is 0. The van der Waals surface area contributed by atoms with Crippen LogP contribution in [0.25, 0.3) is 0 Å². The minimum Gasteiger partial charge on any atom is -0.235 e. The van der Waals surface area contributed by atoms with Crippen molar-refractivity contribution in [3.63, 3.8) is 0 Å². The number of hydrogen-bond donors (Lipinski definition) is 0. The van der Waals surface area contributed by atoms with E-state index in [-0.39, 0.29) is 0 Å². The molecule has 0 saturated heterocycles. The largest absolute Gasteiger partial charge is 0.235 e. The molecular weight excluding hydrogens is 266 g/mol. The second-order valence-electron chi connectivity index (χ2n) is 7.30. The summed E-state index contributed by atoms with van der Waals surface area (Å²) in [5.74, 6) is 0.846. The molecule has 1 saturated carbocycles. The molecule has 0 radical (unpaired) electrons. The van der Waals surface area contributed by atoms with Gasteiger partial charge in [0.15, 0.2) is 0 Å². The van der Waals surface area contributed by atoms with Crippen molar-refractivity contribution in [2.75, 3.05) is 14.1 Å². The zero-order chi connectivity index (χ0) is 15.9. The Morgan fingerprint density at radius 3 is 2.05 bits per heavy atom. The van der Waals surface area contributed by atoms with E-state index in [1.54, 1.807) is 22.3 Å². The smallest absolute Gasteiger partial charge is 0.210 e. The van der Waals surface area contributed by atoms with Gasteiger partial charge in [0, 0.05) is 11.1 Å². The van der Waals surface area contributed by atoms with Crippen molar-refractivity contribution in [2.45, 2.75) is 46.5 Å². The minimum atomic E-state index is 0.846. The fourth-order valence-electron chi connectivity index (χ4n) is 3.54. The molecule has 0 N–H and O–H groups in total. The van der Waals surface area contributed by atoms with Gasteiger partial charge in [-0.25, -0.2) is 4.58 Å². The van der Waals surface area contributed by atoms with E-state index < -0.39 is 0 Å². The highest BCUT2D eigenvalue weighted by Crippen LogP contribution is 2.45. The van der Waals surface area contributed by atoms with Gasteiger partial charge in [-0.3, -0.25) is 0 Å². The van der Waals surface area contributed by atoms with Gasteiger partial charge in [0.2, 0.25) is 5.71 Å². The molecule has 2 aliphatic rings. The van der Waals surface area contributed by atoms with Crippen molar-refractivity contribution in [1.29, 1.82) is 0 Å². The van der Waals surface area contributed by atoms with E-state index in [2.05, 4.69) is 63.7 Å². The number of rotatable bonds is 3. The summed E-state index contributed by atoms with van der Waals surface area (Å²) in [6.45, 7) is 6.78. The van der Waals surface area contributed by atoms with Gasteiger partial charge >= 0.3 is 0 Å². The number of aryl methyl sites for hydroxylation is 1. The van der Waals surface area contributed by atoms with Gasteiger partial charge in [-0.1, -0.05) is 34.4 Å². The monoisotopic (exact) mass is 294 g/mol. The maximum Gasteiger partial charge on any atom is 0.210 e. The number of benzene rings is 1. The molecule has 0 bridgehead atoms. The average molecular weight is 294 g/mol. The molecule has 0 atom stereocenters. The van der Waals surface area contributed by atoms with Crippen LogP contribution in [0, 0.1) is 12.8 Å². The van der Waals surface area contributed by atoms with Gasteiger partial charge in [-0.2, -0.15) is 0 Å². The molecule has 1 fully saturated rings. The van der Waals surface area contributed by atoms with E-state index in [9.17, 15) is 0 Å². The first-order valence-electron chi connectivity index (χ1n) is 8.46. The quantitative estimate of drug-likeness (QED) is 0.424. The molecule has 3 rings (SSSR count). The van der Waals surface area contributed by atoms with Crippen molar-refractivity contribution in [3.05, 3.63) is 57.7 Å². The van der Waals surface area contributed by atoms with Crippen molar-refractivity contribution in [1.82, 2.24) is 0 Å². The van der Waals surface area contributed by atoms with E-state index in [4.69, 9.17) is 0 Å². The van der Waals surface area contributed by atoms with Crippen LogP contribution in [0.1, 0.15) is 50.7 Å². The highest BCUT2D eigenvalue weighted by atomic mass is 14.9. The molecule has 0 amide bonds. The maximum atomic E-state index is 2.32. The summed E-state index contributed by atoms with van der Waals surface area (Å²) >= 11 is 0. The molecule has 0 spiro atoms. The Labute approximate surface area is 135 Å². The Balaban J connectivity index is 2.09. The van der Waals surface area contributed by atoms with Gasteiger partial charge in [0.25, 0.3) is 0 Å². The third-order valence-electron chi connectivity index (χ3n) is 5.14. The Hall–Kier alpha value is -1.63. The molecule has 0 aliphatic heterocycles. The zero-order valence-corrected chi connectivity index (χ0v) is 14.7. The van der Waals surface area contributed by atoms with Gasteiger partial charge in [-0.15, -0.1) is 0 Å². The first-order valence-corrected chi connectivity index (χ1v) is 8.46. The molecule has 1 heteroatoms. The van der Waals surface area contributed by atoms with Crippen LogP contribution in [0.15, 0.2) is 46.6 Å². The van der Waals surface area contributed by atoms with Gasteiger partial charge in [0.05, 0.1) is 0 Å². The second-order valence-corrected chi connectivity index (χ2v) is 7.30. The fraction of sp³-hybridized carbons (Fsp3) is 0.476. The number of hydrogen-bond acceptors (Lipinski definition) is 0. The van der Waals surface area contributed by atoms with Crippen LogP contribution in [0.5, 0.6) is 0 Å². The lowest BCUT2D eigenvalue weighted by atomic mass is 9.81. The SMILES string of the molecule is CC1=C(C)CC(C2CC2)=C(C(c2ccc(C)cc2)=[N+](C)C)C1. The lowest BCUT2D eigenvalue weighted by molar-refractivity contribution is -0.463. The van der Waals surface area contributed by atoms with Gasteiger partial charge in [0.1, 0.15) is 14.1 Å². The maximum absolute atomic E-state index is 2.32. The molecule has 1 aromatic carbocycles. The van der Waals surface area contributed by atoms with E-state index in [0.717, 1.165) is 12.3 Å². The highest BCUT2D eigenvalue weighted by Gasteiger charge is 2.34. The van der Waals surface area contributed by atoms with Crippen LogP contribution in [-0.2, 0) is 0 Å². The van der Waals surface area contributed by atoms with Crippen LogP contribution >= 0.6 is 0 Å². The van der Waals surface area contributed by atoms with Crippen LogP contribution in [0.2, 0.25) is 0 Å². The zero-order valence-electron chi connectivity index (χ0n) is 14.7. The van der Waals surface area contributed by atoms with Gasteiger partial charge < -0.3 is 0 Å². The lowest BCUT2D eigenvalue weighted by Gasteiger charge is -2.23. The number of nitrogens with zero attached hydrogens (tertiary/aromatic N) is 1. The second kappa shape index (κ2) is 5.87. The van der Waals surface area contributed by atoms with Crippen LogP contribution in [0.4, 0.5) is 0 Å². The summed E-state index contributed by atoms with van der Waals surface area (Å²) in [4.78, 5) is 0. The van der Waals surface area contributed by atoms with E-state index in [0.29, 0.717) is 0 Å². The fourth-order valence-corrected chi connectivity index (χ4v) is 3.54. The standard InChI is InChI=1S/C21H28N/c1-14-6-8-18(9-7-14)21(22(4)5)20-13-16(3)15(2)12-19(20)17-10-11-17/h6-9,17H,10-13H2,1-5H3/q+1. The van der Waals surface area contributed by atoms with Crippen molar-refractivity contribution in [3.8, 4) is 0 Å². The van der Waals surface area contributed by atoms with E-state index >= 15 is 0 Å². The van der Waals surface area contributed by atoms with Crippen LogP contribution < -0.4 is 0 Å². The molecule has 2 aliphatic carbocycles. The molecule has 22 heavy (non-hydrogen) atoms. The molecule has 0 aromatic heterocycles. The number of allylic oxidation sites excluding steroid dienone is 4. The Morgan fingerprint density at radius 1 is 0.909 bits per heavy atom. The predicted molar refractivity (Wildman–Crippen MR) is 94.8 cm³/mol. The third kappa shape index (κ3) is 2.95. The van der Waals surface area contributed by atoms with Crippen molar-refractivity contribution in [2.24, 2.45) is 5.92 Å². The Morgan fingerprint density at radius 2 is 1.50 bits per heavy atom. The highest BCUT2D eigenvalue weighted by molar-refractivity contribution is 6.10. The minimum absolute atomic E-state index is 0.846. The summed E-state index contributed by atoms with van der Waals surface area (Å²) in [5.41, 5.74) is 10.6. The Kier molecular flexibility index (Phi) is 4.08. The molecular formula is C21H28N+. The molecule has 1 aromatic rings. The molecule has 1 nitrogen and oxygen atoms in total. The molecule has 116 valence electrons. The van der Waals surface area contributed by atoms with E-state index in [1.165, 1.54) is 36.1 Å². The Bertz CT molecular complexity index is 675. The summed E-state index contributed by atoms with van der Waals surface area (Å²) in [6.07, 6.45) is 5.09. The first-order chi connectivity index (χ1) is 10.5. The van der Waals surface area contributed by atoms with Crippen LogP contribution in [0.3, 0.4) is 0 Å². The first kappa shape index (κ1) is 15.3. The topological polar surface area (TPSA) is 3.01 Å². The normalized spacial score (nSPS) is 18.8. The van der Waals surface area contributed by atoms with E-state index in [1.807, 2.05) is 0 Å². The van der Waals surface area contributed by atoms with Crippen molar-refractivity contribution >= 4 is 5.71 Å². The van der Waals surface area contributed by atoms with Gasteiger partial charge in [-0.05, 0) is 64.5 Å². The lowest BCUT2D eigenvalue weighted by Crippen LogP contribution is -2.22. The van der Waals surface area contributed by atoms with Crippen molar-refractivity contribution < 1.29 is 4.58 Å². The third-order valence-corrected chi connectivity index (χ3v) is 5.14. The predicted octanol–water partition coefficient (Wildman–Crippen LogP) is 4.89. The van der Waals surface area contributed by atoms with Crippen LogP contribution in [-0.4, -0.2) is 24.4 Å². The summed E-state index contributed by atoms with van der Waals surface area (Å²) < 4.78 is 2.32. The molecule has 0 heterocycles.